The van der Waals surface area contributed by atoms with Gasteiger partial charge in [-0.2, -0.15) is 5.10 Å². The number of nitro groups is 1. The van der Waals surface area contributed by atoms with Crippen LogP contribution in [0.2, 0.25) is 0 Å². The molecular formula is C20H17N3O6. The molecule has 0 spiro atoms. The third-order valence-corrected chi connectivity index (χ3v) is 4.16. The van der Waals surface area contributed by atoms with Crippen molar-refractivity contribution in [2.45, 2.75) is 12.1 Å². The van der Waals surface area contributed by atoms with E-state index in [1.54, 1.807) is 12.1 Å². The van der Waals surface area contributed by atoms with Gasteiger partial charge in [-0.1, -0.05) is 30.3 Å². The van der Waals surface area contributed by atoms with Crippen molar-refractivity contribution in [2.24, 2.45) is 5.10 Å². The minimum Gasteiger partial charge on any atom is -0.479 e. The van der Waals surface area contributed by atoms with Gasteiger partial charge < -0.3 is 9.47 Å². The number of non-ortho nitro benzene ring substituents is 1. The molecule has 0 saturated carbocycles. The molecule has 1 N–H and O–H groups in total. The lowest BCUT2D eigenvalue weighted by molar-refractivity contribution is -0.384. The van der Waals surface area contributed by atoms with E-state index in [1.165, 1.54) is 43.7 Å². The van der Waals surface area contributed by atoms with Crippen LogP contribution in [0, 0.1) is 10.1 Å². The van der Waals surface area contributed by atoms with Crippen LogP contribution in [0.4, 0.5) is 5.69 Å². The van der Waals surface area contributed by atoms with Crippen LogP contribution in [0.1, 0.15) is 11.1 Å². The van der Waals surface area contributed by atoms with Crippen LogP contribution in [0.3, 0.4) is 0 Å². The summed E-state index contributed by atoms with van der Waals surface area (Å²) < 4.78 is 10.4. The van der Waals surface area contributed by atoms with Crippen molar-refractivity contribution in [1.29, 1.82) is 0 Å². The predicted molar refractivity (Wildman–Crippen MR) is 104 cm³/mol. The molecule has 1 aliphatic rings. The van der Waals surface area contributed by atoms with Crippen LogP contribution in [0.25, 0.3) is 5.76 Å². The molecule has 0 bridgehead atoms. The normalized spacial score (nSPS) is 16.8. The van der Waals surface area contributed by atoms with Crippen LogP contribution >= 0.6 is 0 Å². The Balaban J connectivity index is 1.71. The van der Waals surface area contributed by atoms with E-state index in [-0.39, 0.29) is 5.69 Å². The van der Waals surface area contributed by atoms with Gasteiger partial charge in [-0.15, -0.1) is 0 Å². The second-order valence-electron chi connectivity index (χ2n) is 6.05. The van der Waals surface area contributed by atoms with Crippen molar-refractivity contribution in [3.8, 4) is 0 Å². The Morgan fingerprint density at radius 1 is 1.24 bits per heavy atom. The standard InChI is InChI=1S/C20H17N3O6/c1-28-20(25)18(22-21-12-13-7-9-15(10-8-13)23(26)27)19-16(24)11-17(29-19)14-5-3-2-4-6-14/h2-12,18-19,22H,1H3/b21-12+. The van der Waals surface area contributed by atoms with Gasteiger partial charge in [-0.3, -0.25) is 20.3 Å². The highest BCUT2D eigenvalue weighted by molar-refractivity contribution is 6.05. The summed E-state index contributed by atoms with van der Waals surface area (Å²) in [6, 6.07) is 13.5. The molecule has 0 fully saturated rings. The molecule has 2 unspecified atom stereocenters. The van der Waals surface area contributed by atoms with E-state index in [0.717, 1.165) is 0 Å². The molecule has 1 heterocycles. The summed E-state index contributed by atoms with van der Waals surface area (Å²) in [6.45, 7) is 0. The first-order valence-electron chi connectivity index (χ1n) is 8.58. The van der Waals surface area contributed by atoms with Gasteiger partial charge in [0.05, 0.1) is 18.2 Å². The number of rotatable bonds is 7. The number of esters is 1. The van der Waals surface area contributed by atoms with Crippen LogP contribution in [0.15, 0.2) is 65.8 Å². The Morgan fingerprint density at radius 2 is 1.93 bits per heavy atom. The van der Waals surface area contributed by atoms with Gasteiger partial charge in [0, 0.05) is 23.8 Å². The van der Waals surface area contributed by atoms with Crippen molar-refractivity contribution < 1.29 is 24.0 Å². The average molecular weight is 395 g/mol. The maximum atomic E-state index is 12.4. The first kappa shape index (κ1) is 19.7. The molecule has 9 nitrogen and oxygen atoms in total. The first-order chi connectivity index (χ1) is 14.0. The largest absolute Gasteiger partial charge is 0.479 e. The Hall–Kier alpha value is -4.01. The minimum absolute atomic E-state index is 0.0491. The summed E-state index contributed by atoms with van der Waals surface area (Å²) in [4.78, 5) is 34.7. The number of carbonyl (C=O) groups is 2. The Morgan fingerprint density at radius 3 is 2.55 bits per heavy atom. The molecule has 3 rings (SSSR count). The number of hydrogen-bond acceptors (Lipinski definition) is 8. The first-order valence-corrected chi connectivity index (χ1v) is 8.58. The topological polar surface area (TPSA) is 120 Å². The summed E-state index contributed by atoms with van der Waals surface area (Å²) in [7, 11) is 1.20. The molecule has 2 atom stereocenters. The average Bonchev–Trinajstić information content (AvgIpc) is 3.13. The number of carbonyl (C=O) groups excluding carboxylic acids is 2. The maximum absolute atomic E-state index is 12.4. The molecule has 2 aromatic rings. The van der Waals surface area contributed by atoms with Crippen molar-refractivity contribution in [3.05, 3.63) is 81.9 Å². The molecule has 0 saturated heterocycles. The van der Waals surface area contributed by atoms with E-state index in [2.05, 4.69) is 10.5 Å². The Labute approximate surface area is 165 Å². The van der Waals surface area contributed by atoms with Crippen molar-refractivity contribution >= 4 is 29.4 Å². The van der Waals surface area contributed by atoms with Gasteiger partial charge in [0.25, 0.3) is 5.69 Å². The smallest absolute Gasteiger partial charge is 0.334 e. The third kappa shape index (κ3) is 4.64. The van der Waals surface area contributed by atoms with Crippen LogP contribution < -0.4 is 5.43 Å². The van der Waals surface area contributed by atoms with E-state index < -0.39 is 28.8 Å². The number of nitrogens with zero attached hydrogens (tertiary/aromatic N) is 2. The molecule has 0 amide bonds. The molecule has 0 aromatic heterocycles. The fourth-order valence-electron chi connectivity index (χ4n) is 2.67. The summed E-state index contributed by atoms with van der Waals surface area (Å²) in [6.07, 6.45) is 1.56. The second kappa shape index (κ2) is 8.79. The molecule has 0 radical (unpaired) electrons. The minimum atomic E-state index is -1.17. The second-order valence-corrected chi connectivity index (χ2v) is 6.05. The lowest BCUT2D eigenvalue weighted by Gasteiger charge is -2.20. The number of methoxy groups -OCH3 is 1. The lowest BCUT2D eigenvalue weighted by Crippen LogP contribution is -2.47. The van der Waals surface area contributed by atoms with Gasteiger partial charge in [0.15, 0.2) is 12.1 Å². The van der Waals surface area contributed by atoms with E-state index >= 15 is 0 Å². The van der Waals surface area contributed by atoms with Gasteiger partial charge in [-0.25, -0.2) is 4.79 Å². The van der Waals surface area contributed by atoms with E-state index in [9.17, 15) is 19.7 Å². The zero-order valence-corrected chi connectivity index (χ0v) is 15.3. The quantitative estimate of drug-likeness (QED) is 0.330. The number of benzene rings is 2. The van der Waals surface area contributed by atoms with Gasteiger partial charge >= 0.3 is 5.97 Å². The molecule has 9 heteroatoms. The highest BCUT2D eigenvalue weighted by atomic mass is 16.6. The molecule has 29 heavy (non-hydrogen) atoms. The molecule has 0 aliphatic carbocycles. The maximum Gasteiger partial charge on any atom is 0.334 e. The fourth-order valence-corrected chi connectivity index (χ4v) is 2.67. The summed E-state index contributed by atoms with van der Waals surface area (Å²) in [5.41, 5.74) is 3.81. The number of hydrogen-bond donors (Lipinski definition) is 1. The van der Waals surface area contributed by atoms with Gasteiger partial charge in [0.2, 0.25) is 5.78 Å². The van der Waals surface area contributed by atoms with Gasteiger partial charge in [0.1, 0.15) is 5.76 Å². The number of hydrazone groups is 1. The summed E-state index contributed by atoms with van der Waals surface area (Å²) >= 11 is 0. The van der Waals surface area contributed by atoms with Crippen LogP contribution in [-0.4, -0.2) is 42.1 Å². The lowest BCUT2D eigenvalue weighted by atomic mass is 10.1. The molecule has 2 aromatic carbocycles. The zero-order chi connectivity index (χ0) is 20.8. The van der Waals surface area contributed by atoms with Crippen molar-refractivity contribution in [1.82, 2.24) is 5.43 Å². The van der Waals surface area contributed by atoms with Gasteiger partial charge in [-0.05, 0) is 17.7 Å². The van der Waals surface area contributed by atoms with E-state index in [4.69, 9.17) is 9.47 Å². The number of nitrogens with one attached hydrogen (secondary N) is 1. The van der Waals surface area contributed by atoms with Crippen LogP contribution in [-0.2, 0) is 19.1 Å². The highest BCUT2D eigenvalue weighted by Gasteiger charge is 2.40. The summed E-state index contributed by atoms with van der Waals surface area (Å²) in [5, 5.41) is 14.6. The Kier molecular flexibility index (Phi) is 5.98. The Bertz CT molecular complexity index is 969. The number of ether oxygens (including phenoxy) is 2. The molecule has 148 valence electrons. The predicted octanol–water partition coefficient (Wildman–Crippen LogP) is 2.07. The molecular weight excluding hydrogens is 378 g/mol. The highest BCUT2D eigenvalue weighted by Crippen LogP contribution is 2.26. The zero-order valence-electron chi connectivity index (χ0n) is 15.3. The third-order valence-electron chi connectivity index (χ3n) is 4.16. The van der Waals surface area contributed by atoms with E-state index in [1.807, 2.05) is 18.2 Å². The van der Waals surface area contributed by atoms with Crippen molar-refractivity contribution in [3.63, 3.8) is 0 Å². The summed E-state index contributed by atoms with van der Waals surface area (Å²) in [5.74, 6) is -0.750. The monoisotopic (exact) mass is 395 g/mol. The van der Waals surface area contributed by atoms with Crippen LogP contribution in [0.5, 0.6) is 0 Å². The molecule has 1 aliphatic heterocycles. The SMILES string of the molecule is COC(=O)C(N/N=C/c1ccc([N+](=O)[O-])cc1)C1OC(c2ccccc2)=CC1=O. The number of nitro benzene ring substituents is 1. The number of ketones is 1. The van der Waals surface area contributed by atoms with E-state index in [0.29, 0.717) is 16.9 Å². The fraction of sp³-hybridized carbons (Fsp3) is 0.150. The van der Waals surface area contributed by atoms with Crippen molar-refractivity contribution in [2.75, 3.05) is 7.11 Å².